The number of amides is 1. The number of carbonyl (C=O) groups excluding carboxylic acids is 1. The van der Waals surface area contributed by atoms with Crippen LogP contribution in [0.5, 0.6) is 11.5 Å². The molecule has 0 saturated carbocycles. The smallest absolute Gasteiger partial charge is 0.277 e. The molecule has 1 atom stereocenters. The second kappa shape index (κ2) is 7.39. The zero-order valence-corrected chi connectivity index (χ0v) is 15.8. The fourth-order valence-corrected chi connectivity index (χ4v) is 5.40. The summed E-state index contributed by atoms with van der Waals surface area (Å²) in [5.74, 6) is 1.92. The Morgan fingerprint density at radius 2 is 2.11 bits per heavy atom. The van der Waals surface area contributed by atoms with E-state index in [0.29, 0.717) is 35.9 Å². The number of carbonyl (C=O) groups is 1. The highest BCUT2D eigenvalue weighted by molar-refractivity contribution is 7.99. The summed E-state index contributed by atoms with van der Waals surface area (Å²) in [6.07, 6.45) is 1.06. The molecule has 1 fully saturated rings. The van der Waals surface area contributed by atoms with Crippen LogP contribution in [0.2, 0.25) is 0 Å². The van der Waals surface area contributed by atoms with Gasteiger partial charge in [-0.1, -0.05) is 11.8 Å². The molecule has 2 aliphatic rings. The molecule has 0 bridgehead atoms. The molecule has 0 spiro atoms. The molecule has 2 aliphatic heterocycles. The van der Waals surface area contributed by atoms with E-state index in [0.717, 1.165) is 11.8 Å². The van der Waals surface area contributed by atoms with Gasteiger partial charge in [0.05, 0.1) is 17.3 Å². The Bertz CT molecular complexity index is 959. The van der Waals surface area contributed by atoms with Crippen LogP contribution < -0.4 is 14.8 Å². The summed E-state index contributed by atoms with van der Waals surface area (Å²) >= 11 is 1.13. The standard InChI is InChI=1S/C16H17N3O6S2/c20-14(17-11-1-2-12-13(6-11)24-9-23-12)7-26-16-19-18-15(25-16)5-10-3-4-27(21,22)8-10/h1-2,6,10H,3-5,7-9H2,(H,17,20)/t10-/m0/s1. The van der Waals surface area contributed by atoms with Crippen LogP contribution in [0.15, 0.2) is 27.8 Å². The van der Waals surface area contributed by atoms with E-state index < -0.39 is 9.84 Å². The molecule has 9 nitrogen and oxygen atoms in total. The number of thioether (sulfide) groups is 1. The first-order valence-electron chi connectivity index (χ1n) is 8.32. The van der Waals surface area contributed by atoms with Gasteiger partial charge in [0.15, 0.2) is 21.3 Å². The molecule has 0 unspecified atom stereocenters. The predicted octanol–water partition coefficient (Wildman–Crippen LogP) is 1.51. The summed E-state index contributed by atoms with van der Waals surface area (Å²) in [6, 6.07) is 5.17. The molecule has 3 heterocycles. The van der Waals surface area contributed by atoms with Crippen molar-refractivity contribution in [1.82, 2.24) is 10.2 Å². The van der Waals surface area contributed by atoms with Crippen molar-refractivity contribution in [3.63, 3.8) is 0 Å². The lowest BCUT2D eigenvalue weighted by molar-refractivity contribution is -0.113. The second-order valence-corrected chi connectivity index (χ2v) is 9.50. The van der Waals surface area contributed by atoms with Crippen molar-refractivity contribution in [1.29, 1.82) is 0 Å². The topological polar surface area (TPSA) is 121 Å². The third kappa shape index (κ3) is 4.53. The molecule has 1 amide bonds. The van der Waals surface area contributed by atoms with E-state index in [2.05, 4.69) is 15.5 Å². The van der Waals surface area contributed by atoms with Crippen LogP contribution in [0.3, 0.4) is 0 Å². The highest BCUT2D eigenvalue weighted by Crippen LogP contribution is 2.34. The average molecular weight is 411 g/mol. The molecule has 0 radical (unpaired) electrons. The first kappa shape index (κ1) is 18.1. The quantitative estimate of drug-likeness (QED) is 0.705. The van der Waals surface area contributed by atoms with Crippen LogP contribution in [0.4, 0.5) is 5.69 Å². The molecule has 1 aromatic carbocycles. The Hall–Kier alpha value is -2.27. The minimum atomic E-state index is -2.93. The molecule has 1 aromatic heterocycles. The molecule has 2 aromatic rings. The van der Waals surface area contributed by atoms with Crippen molar-refractivity contribution in [2.45, 2.75) is 18.1 Å². The molecule has 144 valence electrons. The number of nitrogens with zero attached hydrogens (tertiary/aromatic N) is 2. The number of rotatable bonds is 6. The van der Waals surface area contributed by atoms with Crippen LogP contribution in [0.1, 0.15) is 12.3 Å². The van der Waals surface area contributed by atoms with Crippen LogP contribution in [0, 0.1) is 5.92 Å². The van der Waals surface area contributed by atoms with E-state index in [9.17, 15) is 13.2 Å². The minimum absolute atomic E-state index is 0.0163. The number of aromatic nitrogens is 2. The summed E-state index contributed by atoms with van der Waals surface area (Å²) in [7, 11) is -2.93. The van der Waals surface area contributed by atoms with E-state index >= 15 is 0 Å². The zero-order chi connectivity index (χ0) is 18.9. The molecular formula is C16H17N3O6S2. The summed E-state index contributed by atoms with van der Waals surface area (Å²) in [4.78, 5) is 12.1. The lowest BCUT2D eigenvalue weighted by Crippen LogP contribution is -2.13. The summed E-state index contributed by atoms with van der Waals surface area (Å²) < 4.78 is 39.0. The molecular weight excluding hydrogens is 394 g/mol. The molecule has 4 rings (SSSR count). The third-order valence-corrected chi connectivity index (χ3v) is 6.88. The number of sulfone groups is 1. The van der Waals surface area contributed by atoms with E-state index in [1.165, 1.54) is 0 Å². The maximum Gasteiger partial charge on any atom is 0.277 e. The molecule has 1 saturated heterocycles. The van der Waals surface area contributed by atoms with Gasteiger partial charge in [-0.3, -0.25) is 4.79 Å². The van der Waals surface area contributed by atoms with Crippen molar-refractivity contribution in [2.24, 2.45) is 5.92 Å². The monoisotopic (exact) mass is 411 g/mol. The fraction of sp³-hybridized carbons (Fsp3) is 0.438. The maximum absolute atomic E-state index is 12.1. The van der Waals surface area contributed by atoms with E-state index in [1.807, 2.05) is 0 Å². The van der Waals surface area contributed by atoms with E-state index in [1.54, 1.807) is 18.2 Å². The fourth-order valence-electron chi connectivity index (χ4n) is 2.96. The Labute approximate surface area is 159 Å². The predicted molar refractivity (Wildman–Crippen MR) is 96.7 cm³/mol. The van der Waals surface area contributed by atoms with Crippen LogP contribution in [-0.4, -0.2) is 48.6 Å². The number of ether oxygens (including phenoxy) is 2. The van der Waals surface area contributed by atoms with Crippen molar-refractivity contribution in [3.8, 4) is 11.5 Å². The lowest BCUT2D eigenvalue weighted by Gasteiger charge is -2.05. The number of nitrogens with one attached hydrogen (secondary N) is 1. The number of fused-ring (bicyclic) bond motifs is 1. The Morgan fingerprint density at radius 3 is 2.93 bits per heavy atom. The highest BCUT2D eigenvalue weighted by Gasteiger charge is 2.29. The average Bonchev–Trinajstić information content (AvgIpc) is 3.33. The van der Waals surface area contributed by atoms with E-state index in [-0.39, 0.29) is 41.1 Å². The van der Waals surface area contributed by atoms with Gasteiger partial charge in [0.25, 0.3) is 5.22 Å². The van der Waals surface area contributed by atoms with Gasteiger partial charge < -0.3 is 19.2 Å². The first-order chi connectivity index (χ1) is 13.0. The van der Waals surface area contributed by atoms with Crippen molar-refractivity contribution in [2.75, 3.05) is 29.4 Å². The zero-order valence-electron chi connectivity index (χ0n) is 14.2. The first-order valence-corrected chi connectivity index (χ1v) is 11.1. The maximum atomic E-state index is 12.1. The van der Waals surface area contributed by atoms with Crippen molar-refractivity contribution < 1.29 is 27.1 Å². The normalized spacial score (nSPS) is 19.9. The van der Waals surface area contributed by atoms with Crippen LogP contribution >= 0.6 is 11.8 Å². The largest absolute Gasteiger partial charge is 0.454 e. The minimum Gasteiger partial charge on any atom is -0.454 e. The summed E-state index contributed by atoms with van der Waals surface area (Å²) in [6.45, 7) is 0.175. The van der Waals surface area contributed by atoms with Crippen LogP contribution in [-0.2, 0) is 21.1 Å². The number of hydrogen-bond acceptors (Lipinski definition) is 9. The van der Waals surface area contributed by atoms with Crippen molar-refractivity contribution >= 4 is 33.2 Å². The van der Waals surface area contributed by atoms with Gasteiger partial charge in [0.2, 0.25) is 18.6 Å². The number of benzene rings is 1. The van der Waals surface area contributed by atoms with E-state index in [4.69, 9.17) is 13.9 Å². The van der Waals surface area contributed by atoms with Gasteiger partial charge in [-0.25, -0.2) is 8.42 Å². The molecule has 0 aliphatic carbocycles. The van der Waals surface area contributed by atoms with Gasteiger partial charge in [-0.05, 0) is 24.5 Å². The number of hydrogen-bond donors (Lipinski definition) is 1. The van der Waals surface area contributed by atoms with Gasteiger partial charge in [0, 0.05) is 18.2 Å². The summed E-state index contributed by atoms with van der Waals surface area (Å²) in [5.41, 5.74) is 0.610. The Balaban J connectivity index is 1.26. The number of anilines is 1. The van der Waals surface area contributed by atoms with Gasteiger partial charge in [-0.2, -0.15) is 0 Å². The molecule has 27 heavy (non-hydrogen) atoms. The van der Waals surface area contributed by atoms with Gasteiger partial charge >= 0.3 is 0 Å². The molecule has 1 N–H and O–H groups in total. The lowest BCUT2D eigenvalue weighted by atomic mass is 10.1. The van der Waals surface area contributed by atoms with Gasteiger partial charge in [0.1, 0.15) is 0 Å². The van der Waals surface area contributed by atoms with Gasteiger partial charge in [-0.15, -0.1) is 10.2 Å². The van der Waals surface area contributed by atoms with Crippen LogP contribution in [0.25, 0.3) is 0 Å². The Morgan fingerprint density at radius 1 is 1.26 bits per heavy atom. The SMILES string of the molecule is O=C(CSc1nnc(C[C@@H]2CCS(=O)(=O)C2)o1)Nc1ccc2c(c1)OCO2. The third-order valence-electron chi connectivity index (χ3n) is 4.22. The highest BCUT2D eigenvalue weighted by atomic mass is 32.2. The van der Waals surface area contributed by atoms with Crippen molar-refractivity contribution in [3.05, 3.63) is 24.1 Å². The second-order valence-electron chi connectivity index (χ2n) is 6.34. The summed E-state index contributed by atoms with van der Waals surface area (Å²) in [5, 5.41) is 10.9. The molecule has 11 heteroatoms. The Kier molecular flexibility index (Phi) is 4.96.